The Kier molecular flexibility index (Phi) is 11.8. The molecule has 0 bridgehead atoms. The lowest BCUT2D eigenvalue weighted by Crippen LogP contribution is -2.33. The van der Waals surface area contributed by atoms with Crippen LogP contribution in [0.1, 0.15) is 23.2 Å². The van der Waals surface area contributed by atoms with Crippen molar-refractivity contribution < 1.29 is 13.9 Å². The molecule has 0 radical (unpaired) electrons. The summed E-state index contributed by atoms with van der Waals surface area (Å²) in [5.74, 6) is -0.576. The fourth-order valence-electron chi connectivity index (χ4n) is 2.53. The first-order chi connectivity index (χ1) is 10.7. The third-order valence-electron chi connectivity index (χ3n) is 3.73. The Bertz CT molecular complexity index is 500. The van der Waals surface area contributed by atoms with Gasteiger partial charge in [0.1, 0.15) is 5.82 Å². The average Bonchev–Trinajstić information content (AvgIpc) is 3.04. The maximum Gasteiger partial charge on any atom is 0.251 e. The van der Waals surface area contributed by atoms with E-state index in [1.807, 2.05) is 4.90 Å². The van der Waals surface area contributed by atoms with Gasteiger partial charge in [0.2, 0.25) is 0 Å². The van der Waals surface area contributed by atoms with Gasteiger partial charge in [0, 0.05) is 45.4 Å². The molecule has 0 spiro atoms. The number of anilines is 1. The Labute approximate surface area is 155 Å². The lowest BCUT2D eigenvalue weighted by molar-refractivity contribution is 0.0953. The normalized spacial score (nSPS) is 13.2. The van der Waals surface area contributed by atoms with Crippen LogP contribution in [-0.4, -0.2) is 52.3 Å². The lowest BCUT2D eigenvalue weighted by atomic mass is 10.1. The standard InChI is InChI=1S/C16H24FN3O2.2ClH/c1-22-11-8-18-6-7-19-16(21)13-4-5-15(14(17)12-13)20-9-2-3-10-20;;/h4-5,12,18H,2-3,6-11H2,1H3,(H,19,21);2*1H. The fraction of sp³-hybridized carbons (Fsp3) is 0.562. The minimum absolute atomic E-state index is 0. The second-order valence-corrected chi connectivity index (χ2v) is 5.36. The zero-order valence-electron chi connectivity index (χ0n) is 13.8. The molecular formula is C16H26Cl2FN3O2. The molecule has 1 amide bonds. The van der Waals surface area contributed by atoms with Crippen molar-refractivity contribution in [2.24, 2.45) is 0 Å². The number of hydrogen-bond donors (Lipinski definition) is 2. The average molecular weight is 382 g/mol. The van der Waals surface area contributed by atoms with E-state index in [0.717, 1.165) is 32.5 Å². The van der Waals surface area contributed by atoms with Crippen molar-refractivity contribution in [3.05, 3.63) is 29.6 Å². The van der Waals surface area contributed by atoms with E-state index in [-0.39, 0.29) is 36.5 Å². The second kappa shape index (κ2) is 12.3. The van der Waals surface area contributed by atoms with Crippen molar-refractivity contribution in [2.45, 2.75) is 12.8 Å². The van der Waals surface area contributed by atoms with Crippen LogP contribution in [0, 0.1) is 5.82 Å². The van der Waals surface area contributed by atoms with Gasteiger partial charge in [0.15, 0.2) is 0 Å². The van der Waals surface area contributed by atoms with E-state index < -0.39 is 0 Å². The predicted molar refractivity (Wildman–Crippen MR) is 99.4 cm³/mol. The van der Waals surface area contributed by atoms with Crippen molar-refractivity contribution in [3.63, 3.8) is 0 Å². The SMILES string of the molecule is COCCNCCNC(=O)c1ccc(N2CCCC2)c(F)c1.Cl.Cl. The molecule has 0 atom stereocenters. The van der Waals surface area contributed by atoms with E-state index >= 15 is 0 Å². The largest absolute Gasteiger partial charge is 0.383 e. The number of ether oxygens (including phenoxy) is 1. The molecule has 5 nitrogen and oxygen atoms in total. The molecule has 1 fully saturated rings. The number of benzene rings is 1. The van der Waals surface area contributed by atoms with Crippen molar-refractivity contribution in [3.8, 4) is 0 Å². The summed E-state index contributed by atoms with van der Waals surface area (Å²) in [5.41, 5.74) is 0.952. The highest BCUT2D eigenvalue weighted by Gasteiger charge is 2.17. The van der Waals surface area contributed by atoms with Crippen LogP contribution in [0.15, 0.2) is 18.2 Å². The number of carbonyl (C=O) groups excluding carboxylic acids is 1. The van der Waals surface area contributed by atoms with E-state index in [4.69, 9.17) is 4.74 Å². The summed E-state index contributed by atoms with van der Waals surface area (Å²) in [6, 6.07) is 4.71. The van der Waals surface area contributed by atoms with Crippen LogP contribution in [-0.2, 0) is 4.74 Å². The van der Waals surface area contributed by atoms with Crippen molar-refractivity contribution in [2.75, 3.05) is 51.3 Å². The minimum atomic E-state index is -0.326. The summed E-state index contributed by atoms with van der Waals surface area (Å²) >= 11 is 0. The fourth-order valence-corrected chi connectivity index (χ4v) is 2.53. The Hall–Kier alpha value is -1.08. The number of rotatable bonds is 8. The molecule has 1 aromatic rings. The van der Waals surface area contributed by atoms with Crippen LogP contribution in [0.25, 0.3) is 0 Å². The van der Waals surface area contributed by atoms with Crippen LogP contribution < -0.4 is 15.5 Å². The maximum atomic E-state index is 14.1. The van der Waals surface area contributed by atoms with Crippen molar-refractivity contribution in [1.82, 2.24) is 10.6 Å². The topological polar surface area (TPSA) is 53.6 Å². The minimum Gasteiger partial charge on any atom is -0.383 e. The Morgan fingerprint density at radius 2 is 1.92 bits per heavy atom. The van der Waals surface area contributed by atoms with Gasteiger partial charge in [-0.15, -0.1) is 24.8 Å². The molecule has 1 aliphatic heterocycles. The van der Waals surface area contributed by atoms with E-state index in [0.29, 0.717) is 30.9 Å². The van der Waals surface area contributed by atoms with E-state index in [1.54, 1.807) is 19.2 Å². The van der Waals surface area contributed by atoms with Gasteiger partial charge in [-0.1, -0.05) is 0 Å². The smallest absolute Gasteiger partial charge is 0.251 e. The molecule has 1 heterocycles. The number of carbonyl (C=O) groups is 1. The van der Waals surface area contributed by atoms with Gasteiger partial charge in [-0.25, -0.2) is 4.39 Å². The molecular weight excluding hydrogens is 356 g/mol. The quantitative estimate of drug-likeness (QED) is 0.678. The first-order valence-corrected chi connectivity index (χ1v) is 7.74. The summed E-state index contributed by atoms with van der Waals surface area (Å²) in [7, 11) is 1.64. The molecule has 1 aromatic carbocycles. The van der Waals surface area contributed by atoms with Gasteiger partial charge in [-0.2, -0.15) is 0 Å². The first kappa shape index (κ1) is 22.9. The molecule has 1 aliphatic rings. The number of methoxy groups -OCH3 is 1. The number of amides is 1. The maximum absolute atomic E-state index is 14.1. The van der Waals surface area contributed by atoms with Gasteiger partial charge < -0.3 is 20.3 Å². The molecule has 2 rings (SSSR count). The third kappa shape index (κ3) is 6.81. The van der Waals surface area contributed by atoms with E-state index in [9.17, 15) is 9.18 Å². The van der Waals surface area contributed by atoms with Crippen LogP contribution in [0.2, 0.25) is 0 Å². The number of nitrogens with one attached hydrogen (secondary N) is 2. The zero-order chi connectivity index (χ0) is 15.8. The van der Waals surface area contributed by atoms with Gasteiger partial charge >= 0.3 is 0 Å². The summed E-state index contributed by atoms with van der Waals surface area (Å²) < 4.78 is 19.1. The molecule has 0 aliphatic carbocycles. The molecule has 24 heavy (non-hydrogen) atoms. The summed E-state index contributed by atoms with van der Waals surface area (Å²) in [6.45, 7) is 4.30. The number of nitrogens with zero attached hydrogens (tertiary/aromatic N) is 1. The molecule has 138 valence electrons. The monoisotopic (exact) mass is 381 g/mol. The van der Waals surface area contributed by atoms with Gasteiger partial charge in [0.05, 0.1) is 12.3 Å². The second-order valence-electron chi connectivity index (χ2n) is 5.36. The molecule has 8 heteroatoms. The molecule has 1 saturated heterocycles. The highest BCUT2D eigenvalue weighted by molar-refractivity contribution is 5.94. The van der Waals surface area contributed by atoms with E-state index in [1.165, 1.54) is 6.07 Å². The van der Waals surface area contributed by atoms with Gasteiger partial charge in [0.25, 0.3) is 5.91 Å². The molecule has 0 aromatic heterocycles. The highest BCUT2D eigenvalue weighted by atomic mass is 35.5. The van der Waals surface area contributed by atoms with Crippen LogP contribution >= 0.6 is 24.8 Å². The third-order valence-corrected chi connectivity index (χ3v) is 3.73. The van der Waals surface area contributed by atoms with Crippen molar-refractivity contribution in [1.29, 1.82) is 0 Å². The van der Waals surface area contributed by atoms with Crippen molar-refractivity contribution >= 4 is 36.4 Å². The predicted octanol–water partition coefficient (Wildman–Crippen LogP) is 2.24. The Morgan fingerprint density at radius 3 is 2.54 bits per heavy atom. The molecule has 2 N–H and O–H groups in total. The first-order valence-electron chi connectivity index (χ1n) is 7.74. The van der Waals surface area contributed by atoms with Crippen LogP contribution in [0.3, 0.4) is 0 Å². The van der Waals surface area contributed by atoms with Gasteiger partial charge in [-0.05, 0) is 31.0 Å². The number of hydrogen-bond acceptors (Lipinski definition) is 4. The zero-order valence-corrected chi connectivity index (χ0v) is 15.5. The summed E-state index contributed by atoms with van der Waals surface area (Å²) in [6.07, 6.45) is 2.19. The molecule has 0 unspecified atom stereocenters. The molecule has 0 saturated carbocycles. The summed E-state index contributed by atoms with van der Waals surface area (Å²) in [4.78, 5) is 14.0. The Morgan fingerprint density at radius 1 is 1.21 bits per heavy atom. The highest BCUT2D eigenvalue weighted by Crippen LogP contribution is 2.24. The number of halogens is 3. The van der Waals surface area contributed by atoms with Gasteiger partial charge in [-0.3, -0.25) is 4.79 Å². The van der Waals surface area contributed by atoms with E-state index in [2.05, 4.69) is 10.6 Å². The Balaban J connectivity index is 0.00000264. The van der Waals surface area contributed by atoms with Crippen LogP contribution in [0.5, 0.6) is 0 Å². The van der Waals surface area contributed by atoms with Crippen LogP contribution in [0.4, 0.5) is 10.1 Å². The lowest BCUT2D eigenvalue weighted by Gasteiger charge is -2.18. The summed E-state index contributed by atoms with van der Waals surface area (Å²) in [5, 5.41) is 5.90.